The summed E-state index contributed by atoms with van der Waals surface area (Å²) in [4.78, 5) is 9.91. The normalized spacial score (nSPS) is 15.5. The lowest BCUT2D eigenvalue weighted by Crippen LogP contribution is -2.11. The minimum Gasteiger partial charge on any atom is -0.448 e. The molecule has 1 heterocycles. The number of cyclic esters (lactones) is 1. The molecule has 45 valence electrons. The van der Waals surface area contributed by atoms with E-state index >= 15 is 0 Å². The van der Waals surface area contributed by atoms with Crippen LogP contribution in [0, 0.1) is 7.18 Å². The Hall–Kier alpha value is -0.800. The first-order valence-corrected chi connectivity index (χ1v) is 1.99. The maximum Gasteiger partial charge on any atom is 0.407 e. The highest BCUT2D eigenvalue weighted by Gasteiger charge is 2.06. The van der Waals surface area contributed by atoms with Gasteiger partial charge in [0, 0.05) is 0 Å². The molecule has 0 aromatic heterocycles. The van der Waals surface area contributed by atoms with Crippen molar-refractivity contribution >= 4 is 6.09 Å². The van der Waals surface area contributed by atoms with E-state index in [1.54, 1.807) is 0 Å². The second-order valence-corrected chi connectivity index (χ2v) is 1.06. The van der Waals surface area contributed by atoms with Gasteiger partial charge in [-0.2, -0.15) is 0 Å². The van der Waals surface area contributed by atoms with Crippen molar-refractivity contribution in [1.82, 2.24) is 5.32 Å². The Morgan fingerprint density at radius 3 is 2.50 bits per heavy atom. The first-order chi connectivity index (χ1) is 3.89. The van der Waals surface area contributed by atoms with E-state index in [0.29, 0.717) is 13.2 Å². The van der Waals surface area contributed by atoms with Crippen LogP contribution in [0.15, 0.2) is 0 Å². The van der Waals surface area contributed by atoms with Crippen molar-refractivity contribution in [1.29, 1.82) is 0 Å². The van der Waals surface area contributed by atoms with Gasteiger partial charge in [0.2, 0.25) is 7.18 Å². The maximum atomic E-state index is 9.91. The third-order valence-corrected chi connectivity index (χ3v) is 0.605. The number of hydrogen-bond acceptors (Lipinski definition) is 2. The van der Waals surface area contributed by atoms with Gasteiger partial charge < -0.3 is 10.1 Å². The molecule has 1 N–H and O–H groups in total. The minimum atomic E-state index is -0.296. The summed E-state index contributed by atoms with van der Waals surface area (Å²) < 4.78 is 13.2. The Bertz CT molecular complexity index is 68.4. The van der Waals surface area contributed by atoms with Crippen LogP contribution in [-0.2, 0) is 4.74 Å². The van der Waals surface area contributed by atoms with Gasteiger partial charge in [0.25, 0.3) is 0 Å². The number of hydrogen-bond donors (Lipinski definition) is 1. The van der Waals surface area contributed by atoms with Gasteiger partial charge in [-0.15, -0.1) is 0 Å². The van der Waals surface area contributed by atoms with E-state index in [9.17, 15) is 4.79 Å². The Labute approximate surface area is 46.8 Å². The number of alkyl carbamates (subject to hydrolysis) is 1. The van der Waals surface area contributed by atoms with Gasteiger partial charge in [-0.1, -0.05) is 0 Å². The number of rotatable bonds is 0. The molecule has 0 spiro atoms. The number of carbonyl (C=O) groups excluding carboxylic acids is 1. The van der Waals surface area contributed by atoms with Crippen LogP contribution in [0.4, 0.5) is 9.18 Å². The van der Waals surface area contributed by atoms with Crippen molar-refractivity contribution in [3.63, 3.8) is 0 Å². The molecule has 0 aliphatic carbocycles. The summed E-state index contributed by atoms with van der Waals surface area (Å²) >= 11 is 0. The zero-order valence-corrected chi connectivity index (χ0v) is 4.11. The van der Waals surface area contributed by atoms with Crippen LogP contribution in [0.1, 0.15) is 0 Å². The molecule has 3 radical (unpaired) electrons. The summed E-state index contributed by atoms with van der Waals surface area (Å²) in [6, 6.07) is 0. The zero-order valence-electron chi connectivity index (χ0n) is 4.11. The Morgan fingerprint density at radius 2 is 2.38 bits per heavy atom. The highest BCUT2D eigenvalue weighted by atomic mass is 19.1. The number of halogens is 1. The second-order valence-electron chi connectivity index (χ2n) is 1.06. The van der Waals surface area contributed by atoms with Crippen molar-refractivity contribution in [2.75, 3.05) is 13.2 Å². The zero-order chi connectivity index (χ0) is 6.41. The molecule has 1 rings (SSSR count). The van der Waals surface area contributed by atoms with Crippen molar-refractivity contribution < 1.29 is 13.9 Å². The van der Waals surface area contributed by atoms with Gasteiger partial charge in [-0.25, -0.2) is 9.18 Å². The summed E-state index contributed by atoms with van der Waals surface area (Å²) in [5.74, 6) is 0. The molecule has 0 aromatic rings. The fourth-order valence-electron chi connectivity index (χ4n) is 0.348. The van der Waals surface area contributed by atoms with Gasteiger partial charge in [0.05, 0.1) is 6.54 Å². The van der Waals surface area contributed by atoms with E-state index in [2.05, 4.69) is 17.2 Å². The van der Waals surface area contributed by atoms with Crippen LogP contribution in [0.3, 0.4) is 0 Å². The van der Waals surface area contributed by atoms with Gasteiger partial charge in [0.15, 0.2) is 0 Å². The standard InChI is InChI=1S/C3H5NO2.CF/c5-3-4-1-2-6-3;1-2/h1-2H2,(H,4,5);. The molecule has 3 nitrogen and oxygen atoms in total. The highest BCUT2D eigenvalue weighted by Crippen LogP contribution is 1.82. The van der Waals surface area contributed by atoms with Crippen molar-refractivity contribution in [2.45, 2.75) is 0 Å². The van der Waals surface area contributed by atoms with Gasteiger partial charge >= 0.3 is 6.09 Å². The number of carbonyl (C=O) groups is 1. The third-order valence-electron chi connectivity index (χ3n) is 0.605. The molecule has 0 atom stereocenters. The number of nitrogens with one attached hydrogen (secondary N) is 1. The van der Waals surface area contributed by atoms with E-state index in [1.165, 1.54) is 0 Å². The quantitative estimate of drug-likeness (QED) is 0.494. The van der Waals surface area contributed by atoms with E-state index < -0.39 is 0 Å². The van der Waals surface area contributed by atoms with Crippen molar-refractivity contribution in [3.05, 3.63) is 7.18 Å². The molecule has 1 aliphatic heterocycles. The van der Waals surface area contributed by atoms with Crippen LogP contribution in [0.2, 0.25) is 0 Å². The van der Waals surface area contributed by atoms with Crippen LogP contribution < -0.4 is 5.32 Å². The summed E-state index contributed by atoms with van der Waals surface area (Å²) in [6.07, 6.45) is -0.296. The Kier molecular flexibility index (Phi) is 3.93. The molecule has 1 fully saturated rings. The van der Waals surface area contributed by atoms with Crippen LogP contribution >= 0.6 is 0 Å². The topological polar surface area (TPSA) is 38.3 Å². The smallest absolute Gasteiger partial charge is 0.407 e. The maximum absolute atomic E-state index is 9.91. The van der Waals surface area contributed by atoms with E-state index in [0.717, 1.165) is 0 Å². The molecule has 1 aliphatic rings. The van der Waals surface area contributed by atoms with Crippen LogP contribution in [0.25, 0.3) is 0 Å². The summed E-state index contributed by atoms with van der Waals surface area (Å²) in [5.41, 5.74) is 0. The van der Waals surface area contributed by atoms with Crippen LogP contribution in [0.5, 0.6) is 0 Å². The fourth-order valence-corrected chi connectivity index (χ4v) is 0.348. The first kappa shape index (κ1) is 7.20. The monoisotopic (exact) mass is 118 g/mol. The largest absolute Gasteiger partial charge is 0.448 e. The molecular formula is C4H5FNO2. The van der Waals surface area contributed by atoms with E-state index in [1.807, 2.05) is 0 Å². The Morgan fingerprint density at radius 1 is 1.75 bits per heavy atom. The van der Waals surface area contributed by atoms with E-state index in [4.69, 9.17) is 4.39 Å². The molecule has 1 amide bonds. The van der Waals surface area contributed by atoms with Gasteiger partial charge in [-0.05, 0) is 0 Å². The predicted molar refractivity (Wildman–Crippen MR) is 23.7 cm³/mol. The van der Waals surface area contributed by atoms with E-state index in [-0.39, 0.29) is 6.09 Å². The SMILES string of the molecule is O=C1NCCO1.[C]F. The number of amides is 1. The average Bonchev–Trinajstić information content (AvgIpc) is 2.24. The van der Waals surface area contributed by atoms with Gasteiger partial charge in [0.1, 0.15) is 6.61 Å². The second kappa shape index (κ2) is 4.36. The average molecular weight is 118 g/mol. The molecule has 0 saturated carbocycles. The summed E-state index contributed by atoms with van der Waals surface area (Å²) in [5, 5.41) is 2.46. The van der Waals surface area contributed by atoms with Gasteiger partial charge in [-0.3, -0.25) is 0 Å². The summed E-state index contributed by atoms with van der Waals surface area (Å²) in [7, 11) is 4.25. The first-order valence-electron chi connectivity index (χ1n) is 1.99. The van der Waals surface area contributed by atoms with Crippen LogP contribution in [-0.4, -0.2) is 19.2 Å². The highest BCUT2D eigenvalue weighted by molar-refractivity contribution is 5.68. The molecule has 1 saturated heterocycles. The lowest BCUT2D eigenvalue weighted by Gasteiger charge is -1.80. The number of ether oxygens (including phenoxy) is 1. The predicted octanol–water partition coefficient (Wildman–Crippen LogP) is 0.228. The lowest BCUT2D eigenvalue weighted by molar-refractivity contribution is 0.178. The molecular weight excluding hydrogens is 113 g/mol. The summed E-state index contributed by atoms with van der Waals surface area (Å²) in [6.45, 7) is 1.19. The molecule has 4 heteroatoms. The molecule has 0 unspecified atom stereocenters. The fraction of sp³-hybridized carbons (Fsp3) is 0.500. The molecule has 0 aromatic carbocycles. The molecule has 8 heavy (non-hydrogen) atoms. The molecule has 0 bridgehead atoms. The third kappa shape index (κ3) is 2.39. The lowest BCUT2D eigenvalue weighted by atomic mass is 10.7. The Balaban J connectivity index is 0.000000222. The van der Waals surface area contributed by atoms with Crippen molar-refractivity contribution in [3.8, 4) is 0 Å². The van der Waals surface area contributed by atoms with Crippen molar-refractivity contribution in [2.24, 2.45) is 0 Å². The minimum absolute atomic E-state index is 0.296.